The van der Waals surface area contributed by atoms with Crippen molar-refractivity contribution in [2.45, 2.75) is 33.1 Å². The van der Waals surface area contributed by atoms with Gasteiger partial charge in [-0.1, -0.05) is 29.4 Å². The SMILES string of the molecule is C#CC(=O)C(C)(C)c1ccc(-c2c(C)ccc3c(N)noc23)cc1C. The molecule has 1 aromatic heterocycles. The van der Waals surface area contributed by atoms with E-state index in [-0.39, 0.29) is 5.78 Å². The molecule has 126 valence electrons. The van der Waals surface area contributed by atoms with E-state index in [9.17, 15) is 4.79 Å². The van der Waals surface area contributed by atoms with Crippen LogP contribution in [-0.2, 0) is 10.2 Å². The summed E-state index contributed by atoms with van der Waals surface area (Å²) >= 11 is 0. The predicted octanol–water partition coefficient (Wildman–Crippen LogP) is 4.17. The Morgan fingerprint density at radius 3 is 2.56 bits per heavy atom. The van der Waals surface area contributed by atoms with Crippen molar-refractivity contribution in [3.63, 3.8) is 0 Å². The molecule has 4 nitrogen and oxygen atoms in total. The molecular formula is C21H20N2O2. The van der Waals surface area contributed by atoms with Crippen LogP contribution in [0.3, 0.4) is 0 Å². The lowest BCUT2D eigenvalue weighted by Crippen LogP contribution is -2.28. The van der Waals surface area contributed by atoms with E-state index in [1.54, 1.807) is 0 Å². The number of carbonyl (C=O) groups is 1. The molecule has 4 heteroatoms. The van der Waals surface area contributed by atoms with Crippen LogP contribution in [0.15, 0.2) is 34.9 Å². The zero-order valence-corrected chi connectivity index (χ0v) is 14.8. The third-order valence-electron chi connectivity index (χ3n) is 4.76. The summed E-state index contributed by atoms with van der Waals surface area (Å²) in [4.78, 5) is 12.1. The van der Waals surface area contributed by atoms with Crippen molar-refractivity contribution in [1.82, 2.24) is 5.16 Å². The fourth-order valence-corrected chi connectivity index (χ4v) is 3.30. The molecule has 0 saturated heterocycles. The summed E-state index contributed by atoms with van der Waals surface area (Å²) in [5, 5.41) is 4.67. The summed E-state index contributed by atoms with van der Waals surface area (Å²) in [5.74, 6) is 2.39. The van der Waals surface area contributed by atoms with Crippen LogP contribution in [0.4, 0.5) is 5.82 Å². The molecule has 0 spiro atoms. The largest absolute Gasteiger partial charge is 0.380 e. The quantitative estimate of drug-likeness (QED) is 0.577. The van der Waals surface area contributed by atoms with Crippen molar-refractivity contribution in [2.75, 3.05) is 5.73 Å². The first-order valence-electron chi connectivity index (χ1n) is 8.04. The maximum Gasteiger partial charge on any atom is 0.215 e. The third kappa shape index (κ3) is 2.58. The van der Waals surface area contributed by atoms with Crippen LogP contribution in [-0.4, -0.2) is 10.9 Å². The molecule has 2 aromatic carbocycles. The lowest BCUT2D eigenvalue weighted by molar-refractivity contribution is -0.117. The number of aryl methyl sites for hydroxylation is 2. The molecule has 0 bridgehead atoms. The molecule has 0 radical (unpaired) electrons. The Hall–Kier alpha value is -3.06. The van der Waals surface area contributed by atoms with Gasteiger partial charge in [-0.3, -0.25) is 4.79 Å². The zero-order chi connectivity index (χ0) is 18.4. The maximum atomic E-state index is 12.1. The number of hydrogen-bond donors (Lipinski definition) is 1. The summed E-state index contributed by atoms with van der Waals surface area (Å²) in [6, 6.07) is 9.89. The maximum absolute atomic E-state index is 12.1. The topological polar surface area (TPSA) is 69.1 Å². The minimum atomic E-state index is -0.727. The number of nitrogens with two attached hydrogens (primary N) is 1. The van der Waals surface area contributed by atoms with E-state index >= 15 is 0 Å². The van der Waals surface area contributed by atoms with Crippen LogP contribution in [0.25, 0.3) is 22.1 Å². The number of fused-ring (bicyclic) bond motifs is 1. The first-order valence-corrected chi connectivity index (χ1v) is 8.04. The average molecular weight is 332 g/mol. The fourth-order valence-electron chi connectivity index (χ4n) is 3.30. The molecule has 1 heterocycles. The Morgan fingerprint density at radius 2 is 1.92 bits per heavy atom. The van der Waals surface area contributed by atoms with E-state index in [0.717, 1.165) is 33.2 Å². The van der Waals surface area contributed by atoms with E-state index in [2.05, 4.69) is 11.1 Å². The van der Waals surface area contributed by atoms with E-state index < -0.39 is 5.41 Å². The molecule has 25 heavy (non-hydrogen) atoms. The van der Waals surface area contributed by atoms with Gasteiger partial charge in [0.05, 0.1) is 10.8 Å². The second kappa shape index (κ2) is 5.78. The van der Waals surface area contributed by atoms with E-state index in [1.807, 2.05) is 58.0 Å². The van der Waals surface area contributed by atoms with Crippen molar-refractivity contribution in [2.24, 2.45) is 0 Å². The van der Waals surface area contributed by atoms with Gasteiger partial charge < -0.3 is 10.3 Å². The molecule has 0 aliphatic rings. The molecule has 0 atom stereocenters. The molecule has 2 N–H and O–H groups in total. The number of ketones is 1. The van der Waals surface area contributed by atoms with Gasteiger partial charge in [0.15, 0.2) is 11.4 Å². The number of hydrogen-bond acceptors (Lipinski definition) is 4. The minimum Gasteiger partial charge on any atom is -0.380 e. The molecule has 0 saturated carbocycles. The van der Waals surface area contributed by atoms with Crippen LogP contribution >= 0.6 is 0 Å². The van der Waals surface area contributed by atoms with Crippen molar-refractivity contribution in [3.8, 4) is 23.5 Å². The Morgan fingerprint density at radius 1 is 1.20 bits per heavy atom. The fraction of sp³-hybridized carbons (Fsp3) is 0.238. The molecule has 0 aliphatic heterocycles. The highest BCUT2D eigenvalue weighted by atomic mass is 16.5. The van der Waals surface area contributed by atoms with Gasteiger partial charge in [0.25, 0.3) is 0 Å². The van der Waals surface area contributed by atoms with Crippen LogP contribution in [0.5, 0.6) is 0 Å². The van der Waals surface area contributed by atoms with E-state index in [1.165, 1.54) is 0 Å². The molecule has 0 fully saturated rings. The van der Waals surface area contributed by atoms with Crippen LogP contribution in [0, 0.1) is 26.2 Å². The van der Waals surface area contributed by atoms with Gasteiger partial charge in [-0.2, -0.15) is 0 Å². The highest BCUT2D eigenvalue weighted by Gasteiger charge is 2.30. The van der Waals surface area contributed by atoms with Gasteiger partial charge in [-0.05, 0) is 61.9 Å². The standard InChI is InChI=1S/C21H20N2O2/c1-6-17(24)21(4,5)16-10-8-14(11-13(16)3)18-12(2)7-9-15-19(18)25-23-20(15)22/h1,7-11H,2-5H3,(H2,22,23). The van der Waals surface area contributed by atoms with Crippen LogP contribution in [0.1, 0.15) is 30.5 Å². The lowest BCUT2D eigenvalue weighted by Gasteiger charge is -2.23. The summed E-state index contributed by atoms with van der Waals surface area (Å²) < 4.78 is 5.45. The summed E-state index contributed by atoms with van der Waals surface area (Å²) in [6.45, 7) is 7.69. The Kier molecular flexibility index (Phi) is 3.88. The Balaban J connectivity index is 2.19. The number of rotatable bonds is 3. The number of aromatic nitrogens is 1. The zero-order valence-electron chi connectivity index (χ0n) is 14.8. The summed E-state index contributed by atoms with van der Waals surface area (Å²) in [7, 11) is 0. The van der Waals surface area contributed by atoms with Gasteiger partial charge in [0.2, 0.25) is 5.78 Å². The van der Waals surface area contributed by atoms with Crippen molar-refractivity contribution < 1.29 is 9.32 Å². The first kappa shape index (κ1) is 16.8. The summed E-state index contributed by atoms with van der Waals surface area (Å²) in [6.07, 6.45) is 5.32. The highest BCUT2D eigenvalue weighted by molar-refractivity contribution is 6.03. The number of Topliss-reactive ketones (excluding diaryl/α,β-unsaturated/α-hetero) is 1. The Labute approximate surface area is 147 Å². The second-order valence-corrected chi connectivity index (χ2v) is 6.83. The van der Waals surface area contributed by atoms with Gasteiger partial charge in [-0.15, -0.1) is 6.42 Å². The molecule has 0 amide bonds. The number of anilines is 1. The Bertz CT molecular complexity index is 1040. The van der Waals surface area contributed by atoms with E-state index in [0.29, 0.717) is 11.4 Å². The first-order chi connectivity index (χ1) is 11.8. The number of nitrogen functional groups attached to an aromatic ring is 1. The summed E-state index contributed by atoms with van der Waals surface area (Å²) in [5.41, 5.74) is 10.7. The number of nitrogens with zero attached hydrogens (tertiary/aromatic N) is 1. The van der Waals surface area contributed by atoms with Gasteiger partial charge >= 0.3 is 0 Å². The van der Waals surface area contributed by atoms with Gasteiger partial charge in [0, 0.05) is 5.56 Å². The lowest BCUT2D eigenvalue weighted by atomic mass is 9.78. The average Bonchev–Trinajstić information content (AvgIpc) is 2.94. The van der Waals surface area contributed by atoms with E-state index in [4.69, 9.17) is 16.7 Å². The smallest absolute Gasteiger partial charge is 0.215 e. The number of carbonyl (C=O) groups excluding carboxylic acids is 1. The third-order valence-corrected chi connectivity index (χ3v) is 4.76. The molecule has 0 aliphatic carbocycles. The number of benzene rings is 2. The number of terminal acetylenes is 1. The highest BCUT2D eigenvalue weighted by Crippen LogP contribution is 2.36. The molecule has 3 rings (SSSR count). The molecule has 0 unspecified atom stereocenters. The molecule has 3 aromatic rings. The van der Waals surface area contributed by atoms with Gasteiger partial charge in [0.1, 0.15) is 0 Å². The second-order valence-electron chi connectivity index (χ2n) is 6.83. The van der Waals surface area contributed by atoms with Crippen molar-refractivity contribution in [1.29, 1.82) is 0 Å². The van der Waals surface area contributed by atoms with Crippen LogP contribution in [0.2, 0.25) is 0 Å². The van der Waals surface area contributed by atoms with Gasteiger partial charge in [-0.25, -0.2) is 0 Å². The predicted molar refractivity (Wildman–Crippen MR) is 100 cm³/mol. The normalized spacial score (nSPS) is 11.5. The monoisotopic (exact) mass is 332 g/mol. The molecular weight excluding hydrogens is 312 g/mol. The van der Waals surface area contributed by atoms with Crippen LogP contribution < -0.4 is 5.73 Å². The minimum absolute atomic E-state index is 0.232. The van der Waals surface area contributed by atoms with Crippen molar-refractivity contribution >= 4 is 22.6 Å². The van der Waals surface area contributed by atoms with Crippen molar-refractivity contribution in [3.05, 3.63) is 47.0 Å².